The number of ketones is 1. The highest BCUT2D eigenvalue weighted by Gasteiger charge is 2.34. The largest absolute Gasteiger partial charge is 0.460 e. The fraction of sp³-hybridized carbons (Fsp3) is 0.231. The van der Waals surface area contributed by atoms with E-state index in [1.165, 1.54) is 19.1 Å². The molecule has 0 saturated carbocycles. The van der Waals surface area contributed by atoms with Crippen LogP contribution in [0.4, 0.5) is 13.2 Å². The van der Waals surface area contributed by atoms with Crippen LogP contribution in [0.15, 0.2) is 24.4 Å². The number of fused-ring (bicyclic) bond motifs is 1. The molecular formula is C13H10F3NO3. The van der Waals surface area contributed by atoms with Crippen molar-refractivity contribution >= 4 is 22.7 Å². The second-order valence-electron chi connectivity index (χ2n) is 3.98. The van der Waals surface area contributed by atoms with E-state index in [0.29, 0.717) is 0 Å². The van der Waals surface area contributed by atoms with Gasteiger partial charge >= 0.3 is 12.1 Å². The molecule has 0 amide bonds. The Bertz CT molecular complexity index is 673. The molecule has 0 unspecified atom stereocenters. The van der Waals surface area contributed by atoms with Gasteiger partial charge in [0.05, 0.1) is 23.3 Å². The van der Waals surface area contributed by atoms with Crippen LogP contribution in [0.2, 0.25) is 0 Å². The number of rotatable bonds is 3. The number of benzene rings is 1. The molecular weight excluding hydrogens is 275 g/mol. The molecule has 2 rings (SSSR count). The van der Waals surface area contributed by atoms with Crippen LogP contribution in [0.1, 0.15) is 22.8 Å². The molecule has 0 aliphatic carbocycles. The number of aromatic amines is 1. The average molecular weight is 285 g/mol. The van der Waals surface area contributed by atoms with Crippen LogP contribution < -0.4 is 0 Å². The van der Waals surface area contributed by atoms with Crippen LogP contribution in [-0.4, -0.2) is 23.3 Å². The number of halogens is 3. The average Bonchev–Trinajstić information content (AvgIpc) is 2.80. The third-order valence-electron chi connectivity index (χ3n) is 2.73. The smallest absolute Gasteiger partial charge is 0.418 e. The van der Waals surface area contributed by atoms with E-state index in [4.69, 9.17) is 0 Å². The number of esters is 1. The summed E-state index contributed by atoms with van der Waals surface area (Å²) in [5.41, 5.74) is -1.25. The number of ether oxygens (including phenoxy) is 1. The summed E-state index contributed by atoms with van der Waals surface area (Å²) in [6.45, 7) is 1.54. The summed E-state index contributed by atoms with van der Waals surface area (Å²) in [7, 11) is 0. The molecule has 0 fully saturated rings. The van der Waals surface area contributed by atoms with Gasteiger partial charge < -0.3 is 9.72 Å². The second-order valence-corrected chi connectivity index (χ2v) is 3.98. The second kappa shape index (κ2) is 4.99. The van der Waals surface area contributed by atoms with Gasteiger partial charge in [-0.25, -0.2) is 4.79 Å². The van der Waals surface area contributed by atoms with E-state index in [1.54, 1.807) is 0 Å². The van der Waals surface area contributed by atoms with Gasteiger partial charge in [0.25, 0.3) is 5.78 Å². The van der Waals surface area contributed by atoms with Gasteiger partial charge in [-0.15, -0.1) is 0 Å². The van der Waals surface area contributed by atoms with Gasteiger partial charge in [0, 0.05) is 11.6 Å². The summed E-state index contributed by atoms with van der Waals surface area (Å²) >= 11 is 0. The number of hydrogen-bond donors (Lipinski definition) is 1. The number of para-hydroxylation sites is 1. The molecule has 0 saturated heterocycles. The lowest BCUT2D eigenvalue weighted by Crippen LogP contribution is -2.17. The molecule has 4 nitrogen and oxygen atoms in total. The number of carbonyl (C=O) groups is 2. The molecule has 20 heavy (non-hydrogen) atoms. The number of carbonyl (C=O) groups excluding carboxylic acids is 2. The monoisotopic (exact) mass is 285 g/mol. The molecule has 1 N–H and O–H groups in total. The Morgan fingerprint density at radius 3 is 2.60 bits per heavy atom. The molecule has 0 aliphatic heterocycles. The molecule has 0 aliphatic rings. The summed E-state index contributed by atoms with van der Waals surface area (Å²) in [6.07, 6.45) is -3.46. The Kier molecular flexibility index (Phi) is 3.52. The van der Waals surface area contributed by atoms with Crippen molar-refractivity contribution in [3.63, 3.8) is 0 Å². The van der Waals surface area contributed by atoms with E-state index in [2.05, 4.69) is 9.72 Å². The maximum absolute atomic E-state index is 12.8. The van der Waals surface area contributed by atoms with Crippen LogP contribution >= 0.6 is 0 Å². The van der Waals surface area contributed by atoms with Crippen molar-refractivity contribution < 1.29 is 27.5 Å². The lowest BCUT2D eigenvalue weighted by molar-refractivity contribution is -0.137. The Hall–Kier alpha value is -2.31. The minimum absolute atomic E-state index is 0.0146. The van der Waals surface area contributed by atoms with Gasteiger partial charge in [0.15, 0.2) is 0 Å². The summed E-state index contributed by atoms with van der Waals surface area (Å²) < 4.78 is 43.0. The Morgan fingerprint density at radius 2 is 2.00 bits per heavy atom. The highest BCUT2D eigenvalue weighted by atomic mass is 19.4. The van der Waals surface area contributed by atoms with Crippen molar-refractivity contribution in [1.29, 1.82) is 0 Å². The summed E-state index contributed by atoms with van der Waals surface area (Å²) in [6, 6.07) is 3.42. The first-order chi connectivity index (χ1) is 9.36. The summed E-state index contributed by atoms with van der Waals surface area (Å²) in [5.74, 6) is -2.07. The van der Waals surface area contributed by atoms with Crippen LogP contribution in [-0.2, 0) is 15.7 Å². The van der Waals surface area contributed by atoms with Crippen molar-refractivity contribution in [3.8, 4) is 0 Å². The molecule has 7 heteroatoms. The first-order valence-corrected chi connectivity index (χ1v) is 5.75. The molecule has 0 atom stereocenters. The Labute approximate surface area is 111 Å². The van der Waals surface area contributed by atoms with Crippen LogP contribution in [0, 0.1) is 0 Å². The third kappa shape index (κ3) is 2.38. The number of aromatic nitrogens is 1. The van der Waals surface area contributed by atoms with Crippen LogP contribution in [0.3, 0.4) is 0 Å². The topological polar surface area (TPSA) is 59.2 Å². The highest BCUT2D eigenvalue weighted by Crippen LogP contribution is 2.35. The van der Waals surface area contributed by atoms with Crippen molar-refractivity contribution in [2.75, 3.05) is 6.61 Å². The summed E-state index contributed by atoms with van der Waals surface area (Å²) in [4.78, 5) is 25.5. The highest BCUT2D eigenvalue weighted by molar-refractivity contribution is 6.43. The lowest BCUT2D eigenvalue weighted by Gasteiger charge is -2.07. The standard InChI is InChI=1S/C13H10F3NO3/c1-2-20-12(19)11(18)8-6-17-10-7(8)4-3-5-9(10)13(14,15)16/h3-6,17H,2H2,1H3. The minimum atomic E-state index is -4.55. The molecule has 0 radical (unpaired) electrons. The molecule has 1 aromatic heterocycles. The quantitative estimate of drug-likeness (QED) is 0.536. The predicted octanol–water partition coefficient (Wildman–Crippen LogP) is 2.93. The Morgan fingerprint density at radius 1 is 1.30 bits per heavy atom. The van der Waals surface area contributed by atoms with Gasteiger partial charge in [0.1, 0.15) is 0 Å². The zero-order valence-electron chi connectivity index (χ0n) is 10.4. The van der Waals surface area contributed by atoms with E-state index in [-0.39, 0.29) is 23.1 Å². The number of H-pyrrole nitrogens is 1. The normalized spacial score (nSPS) is 11.6. The van der Waals surface area contributed by atoms with Crippen LogP contribution in [0.25, 0.3) is 10.9 Å². The maximum atomic E-state index is 12.8. The zero-order chi connectivity index (χ0) is 14.9. The van der Waals surface area contributed by atoms with Gasteiger partial charge in [0.2, 0.25) is 0 Å². The van der Waals surface area contributed by atoms with Gasteiger partial charge in [-0.2, -0.15) is 13.2 Å². The Balaban J connectivity index is 2.54. The van der Waals surface area contributed by atoms with Crippen molar-refractivity contribution in [2.24, 2.45) is 0 Å². The van der Waals surface area contributed by atoms with E-state index in [1.807, 2.05) is 0 Å². The lowest BCUT2D eigenvalue weighted by atomic mass is 10.1. The molecule has 2 aromatic rings. The van der Waals surface area contributed by atoms with Gasteiger partial charge in [-0.05, 0) is 13.0 Å². The molecule has 106 valence electrons. The zero-order valence-corrected chi connectivity index (χ0v) is 10.4. The molecule has 0 spiro atoms. The SMILES string of the molecule is CCOC(=O)C(=O)c1c[nH]c2c(C(F)(F)F)cccc12. The number of Topliss-reactive ketones (excluding diaryl/α,β-unsaturated/α-hetero) is 1. The molecule has 1 heterocycles. The van der Waals surface area contributed by atoms with Gasteiger partial charge in [-0.1, -0.05) is 12.1 Å². The molecule has 1 aromatic carbocycles. The number of hydrogen-bond acceptors (Lipinski definition) is 3. The minimum Gasteiger partial charge on any atom is -0.460 e. The van der Waals surface area contributed by atoms with Gasteiger partial charge in [-0.3, -0.25) is 4.79 Å². The fourth-order valence-electron chi connectivity index (χ4n) is 1.89. The van der Waals surface area contributed by atoms with Crippen molar-refractivity contribution in [2.45, 2.75) is 13.1 Å². The van der Waals surface area contributed by atoms with E-state index >= 15 is 0 Å². The summed E-state index contributed by atoms with van der Waals surface area (Å²) in [5, 5.41) is 0.0397. The molecule has 0 bridgehead atoms. The first kappa shape index (κ1) is 14.1. The maximum Gasteiger partial charge on any atom is 0.418 e. The fourth-order valence-corrected chi connectivity index (χ4v) is 1.89. The van der Waals surface area contributed by atoms with E-state index in [0.717, 1.165) is 12.3 Å². The first-order valence-electron chi connectivity index (χ1n) is 5.75. The van der Waals surface area contributed by atoms with E-state index < -0.39 is 23.5 Å². The third-order valence-corrected chi connectivity index (χ3v) is 2.73. The van der Waals surface area contributed by atoms with E-state index in [9.17, 15) is 22.8 Å². The van der Waals surface area contributed by atoms with Crippen molar-refractivity contribution in [3.05, 3.63) is 35.5 Å². The number of alkyl halides is 3. The van der Waals surface area contributed by atoms with Crippen molar-refractivity contribution in [1.82, 2.24) is 4.98 Å². The number of nitrogens with one attached hydrogen (secondary N) is 1. The predicted molar refractivity (Wildman–Crippen MR) is 64.3 cm³/mol. The van der Waals surface area contributed by atoms with Crippen LogP contribution in [0.5, 0.6) is 0 Å².